The number of rotatable bonds is 4. The standard InChI is InChI=1S/C18H28N2O2S/c1-2-16-6-8-18(9-7-16)23(21,22)20-14-10-17(11-15-20)19-12-4-3-5-13-19/h6-9,17H,2-5,10-15H2,1H3. The molecule has 0 atom stereocenters. The number of sulfonamides is 1. The second kappa shape index (κ2) is 7.32. The van der Waals surface area contributed by atoms with Crippen LogP contribution in [0.4, 0.5) is 0 Å². The Morgan fingerprint density at radius 1 is 0.957 bits per heavy atom. The predicted molar refractivity (Wildman–Crippen MR) is 93.0 cm³/mol. The van der Waals surface area contributed by atoms with Crippen LogP contribution in [0.3, 0.4) is 0 Å². The maximum absolute atomic E-state index is 12.8. The molecule has 2 aliphatic heterocycles. The molecule has 0 radical (unpaired) electrons. The van der Waals surface area contributed by atoms with E-state index in [2.05, 4.69) is 11.8 Å². The molecule has 0 saturated carbocycles. The molecule has 23 heavy (non-hydrogen) atoms. The second-order valence-corrected chi connectivity index (χ2v) is 8.67. The van der Waals surface area contributed by atoms with E-state index >= 15 is 0 Å². The van der Waals surface area contributed by atoms with Crippen LogP contribution in [-0.2, 0) is 16.4 Å². The van der Waals surface area contributed by atoms with Crippen molar-refractivity contribution in [2.75, 3.05) is 26.2 Å². The number of piperidine rings is 2. The smallest absolute Gasteiger partial charge is 0.243 e. The fraction of sp³-hybridized carbons (Fsp3) is 0.667. The van der Waals surface area contributed by atoms with Crippen LogP contribution < -0.4 is 0 Å². The summed E-state index contributed by atoms with van der Waals surface area (Å²) >= 11 is 0. The summed E-state index contributed by atoms with van der Waals surface area (Å²) in [5.74, 6) is 0. The zero-order chi connectivity index (χ0) is 16.3. The lowest BCUT2D eigenvalue weighted by molar-refractivity contribution is 0.118. The van der Waals surface area contributed by atoms with Gasteiger partial charge < -0.3 is 4.90 Å². The van der Waals surface area contributed by atoms with Crippen molar-refractivity contribution in [2.45, 2.75) is 56.4 Å². The molecule has 1 aromatic carbocycles. The van der Waals surface area contributed by atoms with Gasteiger partial charge >= 0.3 is 0 Å². The van der Waals surface area contributed by atoms with Gasteiger partial charge in [-0.1, -0.05) is 25.5 Å². The first-order valence-corrected chi connectivity index (χ1v) is 10.4. The van der Waals surface area contributed by atoms with Gasteiger partial charge in [0.2, 0.25) is 10.0 Å². The fourth-order valence-corrected chi connectivity index (χ4v) is 5.25. The van der Waals surface area contributed by atoms with Crippen molar-refractivity contribution in [3.63, 3.8) is 0 Å². The summed E-state index contributed by atoms with van der Waals surface area (Å²) in [5.41, 5.74) is 1.17. The van der Waals surface area contributed by atoms with E-state index < -0.39 is 10.0 Å². The summed E-state index contributed by atoms with van der Waals surface area (Å²) < 4.78 is 27.2. The van der Waals surface area contributed by atoms with Gasteiger partial charge in [-0.25, -0.2) is 8.42 Å². The maximum Gasteiger partial charge on any atom is 0.243 e. The molecule has 0 N–H and O–H groups in total. The molecule has 5 heteroatoms. The Morgan fingerprint density at radius 3 is 2.13 bits per heavy atom. The fourth-order valence-electron chi connectivity index (χ4n) is 3.78. The van der Waals surface area contributed by atoms with E-state index in [1.807, 2.05) is 12.1 Å². The van der Waals surface area contributed by atoms with Crippen molar-refractivity contribution in [3.05, 3.63) is 29.8 Å². The number of aryl methyl sites for hydroxylation is 1. The lowest BCUT2D eigenvalue weighted by Crippen LogP contribution is -2.48. The maximum atomic E-state index is 12.8. The molecule has 0 bridgehead atoms. The predicted octanol–water partition coefficient (Wildman–Crippen LogP) is 2.89. The van der Waals surface area contributed by atoms with E-state index in [0.717, 1.165) is 19.3 Å². The van der Waals surface area contributed by atoms with Gasteiger partial charge in [-0.3, -0.25) is 0 Å². The molecule has 2 aliphatic rings. The minimum Gasteiger partial charge on any atom is -0.300 e. The van der Waals surface area contributed by atoms with E-state index in [1.54, 1.807) is 16.4 Å². The Morgan fingerprint density at radius 2 is 1.57 bits per heavy atom. The number of hydrogen-bond donors (Lipinski definition) is 0. The first kappa shape index (κ1) is 16.9. The molecule has 128 valence electrons. The van der Waals surface area contributed by atoms with Gasteiger partial charge in [-0.15, -0.1) is 0 Å². The molecule has 2 fully saturated rings. The summed E-state index contributed by atoms with van der Waals surface area (Å²) in [6, 6.07) is 7.93. The number of hydrogen-bond acceptors (Lipinski definition) is 3. The largest absolute Gasteiger partial charge is 0.300 e. The van der Waals surface area contributed by atoms with E-state index in [4.69, 9.17) is 0 Å². The Balaban J connectivity index is 1.63. The summed E-state index contributed by atoms with van der Waals surface area (Å²) in [7, 11) is -3.33. The second-order valence-electron chi connectivity index (χ2n) is 6.73. The minimum absolute atomic E-state index is 0.436. The Hall–Kier alpha value is -0.910. The molecular weight excluding hydrogens is 308 g/mol. The van der Waals surface area contributed by atoms with Crippen LogP contribution >= 0.6 is 0 Å². The van der Waals surface area contributed by atoms with Crippen molar-refractivity contribution in [1.29, 1.82) is 0 Å². The van der Waals surface area contributed by atoms with Crippen molar-refractivity contribution < 1.29 is 8.42 Å². The van der Waals surface area contributed by atoms with Crippen LogP contribution in [0.5, 0.6) is 0 Å². The van der Waals surface area contributed by atoms with Crippen LogP contribution in [0, 0.1) is 0 Å². The zero-order valence-corrected chi connectivity index (χ0v) is 14.9. The molecule has 0 amide bonds. The van der Waals surface area contributed by atoms with Crippen LogP contribution in [0.1, 0.15) is 44.6 Å². The van der Waals surface area contributed by atoms with Gasteiger partial charge in [0.1, 0.15) is 0 Å². The minimum atomic E-state index is -3.33. The molecule has 1 aromatic rings. The normalized spacial score (nSPS) is 22.3. The number of nitrogens with zero attached hydrogens (tertiary/aromatic N) is 2. The van der Waals surface area contributed by atoms with Crippen molar-refractivity contribution >= 4 is 10.0 Å². The summed E-state index contributed by atoms with van der Waals surface area (Å²) in [4.78, 5) is 3.01. The third-order valence-electron chi connectivity index (χ3n) is 5.30. The summed E-state index contributed by atoms with van der Waals surface area (Å²) in [5, 5.41) is 0. The van der Waals surface area contributed by atoms with Crippen LogP contribution in [0.15, 0.2) is 29.2 Å². The van der Waals surface area contributed by atoms with Gasteiger partial charge in [-0.05, 0) is 62.9 Å². The highest BCUT2D eigenvalue weighted by atomic mass is 32.2. The lowest BCUT2D eigenvalue weighted by Gasteiger charge is -2.39. The average Bonchev–Trinajstić information content (AvgIpc) is 2.62. The Bertz CT molecular complexity index is 598. The quantitative estimate of drug-likeness (QED) is 0.849. The van der Waals surface area contributed by atoms with Gasteiger partial charge in [0, 0.05) is 19.1 Å². The highest BCUT2D eigenvalue weighted by Crippen LogP contribution is 2.25. The molecular formula is C18H28N2O2S. The topological polar surface area (TPSA) is 40.6 Å². The van der Waals surface area contributed by atoms with Crippen molar-refractivity contribution in [1.82, 2.24) is 9.21 Å². The van der Waals surface area contributed by atoms with E-state index in [0.29, 0.717) is 24.0 Å². The first-order chi connectivity index (χ1) is 11.1. The number of benzene rings is 1. The molecule has 0 aromatic heterocycles. The lowest BCUT2D eigenvalue weighted by atomic mass is 10.0. The average molecular weight is 337 g/mol. The number of likely N-dealkylation sites (tertiary alicyclic amines) is 1. The highest BCUT2D eigenvalue weighted by Gasteiger charge is 2.31. The van der Waals surface area contributed by atoms with E-state index in [-0.39, 0.29) is 0 Å². The van der Waals surface area contributed by atoms with Crippen molar-refractivity contribution in [2.24, 2.45) is 0 Å². The molecule has 2 saturated heterocycles. The summed E-state index contributed by atoms with van der Waals surface area (Å²) in [6.07, 6.45) is 6.79. The SMILES string of the molecule is CCc1ccc(S(=O)(=O)N2CCC(N3CCCCC3)CC2)cc1. The van der Waals surface area contributed by atoms with Gasteiger partial charge in [0.15, 0.2) is 0 Å². The molecule has 3 rings (SSSR count). The van der Waals surface area contributed by atoms with Crippen molar-refractivity contribution in [3.8, 4) is 0 Å². The third-order valence-corrected chi connectivity index (χ3v) is 7.21. The Labute approximate surface area is 140 Å². The first-order valence-electron chi connectivity index (χ1n) is 8.94. The van der Waals surface area contributed by atoms with Gasteiger partial charge in [-0.2, -0.15) is 4.31 Å². The molecule has 0 unspecified atom stereocenters. The third kappa shape index (κ3) is 3.78. The van der Waals surface area contributed by atoms with Crippen LogP contribution in [0.25, 0.3) is 0 Å². The van der Waals surface area contributed by atoms with Crippen LogP contribution in [0.2, 0.25) is 0 Å². The van der Waals surface area contributed by atoms with Gasteiger partial charge in [0.25, 0.3) is 0 Å². The van der Waals surface area contributed by atoms with E-state index in [1.165, 1.54) is 37.9 Å². The highest BCUT2D eigenvalue weighted by molar-refractivity contribution is 7.89. The molecule has 0 spiro atoms. The molecule has 0 aliphatic carbocycles. The zero-order valence-electron chi connectivity index (χ0n) is 14.1. The Kier molecular flexibility index (Phi) is 5.39. The molecule has 2 heterocycles. The monoisotopic (exact) mass is 336 g/mol. The molecule has 4 nitrogen and oxygen atoms in total. The van der Waals surface area contributed by atoms with Crippen LogP contribution in [-0.4, -0.2) is 49.8 Å². The van der Waals surface area contributed by atoms with Gasteiger partial charge in [0.05, 0.1) is 4.90 Å². The summed E-state index contributed by atoms with van der Waals surface area (Å²) in [6.45, 7) is 5.76. The van der Waals surface area contributed by atoms with E-state index in [9.17, 15) is 8.42 Å².